The van der Waals surface area contributed by atoms with Crippen molar-refractivity contribution >= 4 is 5.78 Å². The van der Waals surface area contributed by atoms with Gasteiger partial charge in [0.2, 0.25) is 0 Å². The van der Waals surface area contributed by atoms with E-state index >= 15 is 0 Å². The third kappa shape index (κ3) is 4.06. The summed E-state index contributed by atoms with van der Waals surface area (Å²) in [7, 11) is 0. The number of Topliss-reactive ketones (excluding diaryl/α,β-unsaturated/α-hetero) is 1. The molecule has 19 heavy (non-hydrogen) atoms. The summed E-state index contributed by atoms with van der Waals surface area (Å²) in [6.07, 6.45) is 6.55. The molecule has 1 fully saturated rings. The molecule has 0 aliphatic heterocycles. The third-order valence-electron chi connectivity index (χ3n) is 3.87. The van der Waals surface area contributed by atoms with Crippen molar-refractivity contribution in [3.05, 3.63) is 29.8 Å². The second-order valence-electron chi connectivity index (χ2n) is 5.48. The zero-order valence-electron chi connectivity index (χ0n) is 11.6. The summed E-state index contributed by atoms with van der Waals surface area (Å²) in [4.78, 5) is 11.3. The van der Waals surface area contributed by atoms with Crippen LogP contribution in [0.4, 0.5) is 0 Å². The molecule has 1 aliphatic carbocycles. The van der Waals surface area contributed by atoms with Crippen LogP contribution >= 0.6 is 0 Å². The van der Waals surface area contributed by atoms with E-state index in [9.17, 15) is 4.79 Å². The highest BCUT2D eigenvalue weighted by Crippen LogP contribution is 2.25. The zero-order valence-corrected chi connectivity index (χ0v) is 11.6. The van der Waals surface area contributed by atoms with Gasteiger partial charge in [-0.1, -0.05) is 31.4 Å². The number of ketones is 1. The van der Waals surface area contributed by atoms with E-state index in [-0.39, 0.29) is 5.78 Å². The fourth-order valence-electron chi connectivity index (χ4n) is 2.60. The Morgan fingerprint density at radius 3 is 2.79 bits per heavy atom. The number of rotatable bonds is 5. The Balaban J connectivity index is 1.93. The summed E-state index contributed by atoms with van der Waals surface area (Å²) in [5.74, 6) is 1.48. The number of carbonyl (C=O) groups is 1. The smallest absolute Gasteiger partial charge is 0.150 e. The van der Waals surface area contributed by atoms with Crippen LogP contribution in [-0.4, -0.2) is 12.4 Å². The van der Waals surface area contributed by atoms with Crippen LogP contribution in [0.25, 0.3) is 0 Å². The summed E-state index contributed by atoms with van der Waals surface area (Å²) in [5, 5.41) is 0. The molecule has 1 aromatic carbocycles. The monoisotopic (exact) mass is 261 g/mol. The normalized spacial score (nSPS) is 18.0. The van der Waals surface area contributed by atoms with Crippen molar-refractivity contribution in [3.8, 4) is 5.75 Å². The first-order chi connectivity index (χ1) is 9.16. The molecule has 1 aromatic rings. The molecule has 2 N–H and O–H groups in total. The van der Waals surface area contributed by atoms with Gasteiger partial charge in [-0.3, -0.25) is 4.79 Å². The van der Waals surface area contributed by atoms with Gasteiger partial charge < -0.3 is 10.5 Å². The minimum atomic E-state index is -0.543. The first-order valence-electron chi connectivity index (χ1n) is 7.15. The minimum absolute atomic E-state index is 0.0237. The molecular formula is C16H23NO2. The maximum Gasteiger partial charge on any atom is 0.150 e. The van der Waals surface area contributed by atoms with Gasteiger partial charge in [0.1, 0.15) is 5.75 Å². The Morgan fingerprint density at radius 1 is 1.37 bits per heavy atom. The summed E-state index contributed by atoms with van der Waals surface area (Å²) < 4.78 is 5.85. The first-order valence-corrected chi connectivity index (χ1v) is 7.15. The van der Waals surface area contributed by atoms with Crippen molar-refractivity contribution in [2.75, 3.05) is 6.61 Å². The van der Waals surface area contributed by atoms with Crippen molar-refractivity contribution in [2.45, 2.75) is 45.1 Å². The number of hydrogen-bond donors (Lipinski definition) is 1. The van der Waals surface area contributed by atoms with Crippen LogP contribution in [0, 0.1) is 5.92 Å². The van der Waals surface area contributed by atoms with E-state index in [2.05, 4.69) is 0 Å². The Labute approximate surface area is 115 Å². The molecule has 0 heterocycles. The summed E-state index contributed by atoms with van der Waals surface area (Å²) in [6, 6.07) is 7.04. The van der Waals surface area contributed by atoms with E-state index < -0.39 is 6.04 Å². The molecule has 1 saturated carbocycles. The molecular weight excluding hydrogens is 238 g/mol. The van der Waals surface area contributed by atoms with Crippen LogP contribution in [0.5, 0.6) is 5.75 Å². The number of nitrogens with two attached hydrogens (primary N) is 1. The maximum absolute atomic E-state index is 11.3. The van der Waals surface area contributed by atoms with E-state index in [0.29, 0.717) is 5.92 Å². The molecule has 0 aromatic heterocycles. The molecule has 0 spiro atoms. The molecule has 3 heteroatoms. The fourth-order valence-corrected chi connectivity index (χ4v) is 2.60. The van der Waals surface area contributed by atoms with Crippen LogP contribution in [0.2, 0.25) is 0 Å². The van der Waals surface area contributed by atoms with Crippen LogP contribution in [0.15, 0.2) is 24.3 Å². The lowest BCUT2D eigenvalue weighted by atomic mass is 9.90. The quantitative estimate of drug-likeness (QED) is 0.885. The molecule has 1 atom stereocenters. The molecule has 1 unspecified atom stereocenters. The Morgan fingerprint density at radius 2 is 2.11 bits per heavy atom. The number of carbonyl (C=O) groups excluding carboxylic acids is 1. The van der Waals surface area contributed by atoms with Gasteiger partial charge >= 0.3 is 0 Å². The summed E-state index contributed by atoms with van der Waals surface area (Å²) in [5.41, 5.74) is 6.67. The second kappa shape index (κ2) is 6.71. The van der Waals surface area contributed by atoms with Gasteiger partial charge in [0, 0.05) is 0 Å². The first kappa shape index (κ1) is 14.1. The molecule has 0 amide bonds. The SMILES string of the molecule is CC(=O)C(N)c1cccc(OCC2CCCCC2)c1. The number of benzene rings is 1. The largest absolute Gasteiger partial charge is 0.493 e. The van der Waals surface area contributed by atoms with Crippen LogP contribution in [0.3, 0.4) is 0 Å². The van der Waals surface area contributed by atoms with E-state index in [4.69, 9.17) is 10.5 Å². The van der Waals surface area contributed by atoms with Crippen molar-refractivity contribution in [1.29, 1.82) is 0 Å². The topological polar surface area (TPSA) is 52.3 Å². The Kier molecular flexibility index (Phi) is 4.97. The number of ether oxygens (including phenoxy) is 1. The van der Waals surface area contributed by atoms with E-state index in [0.717, 1.165) is 17.9 Å². The molecule has 0 saturated heterocycles. The lowest BCUT2D eigenvalue weighted by Gasteiger charge is -2.22. The minimum Gasteiger partial charge on any atom is -0.493 e. The van der Waals surface area contributed by atoms with Gasteiger partial charge in [-0.05, 0) is 43.4 Å². The van der Waals surface area contributed by atoms with Gasteiger partial charge in [-0.15, -0.1) is 0 Å². The van der Waals surface area contributed by atoms with Gasteiger partial charge in [0.25, 0.3) is 0 Å². The van der Waals surface area contributed by atoms with Crippen molar-refractivity contribution in [3.63, 3.8) is 0 Å². The van der Waals surface area contributed by atoms with Crippen molar-refractivity contribution in [2.24, 2.45) is 11.7 Å². The average Bonchev–Trinajstić information content (AvgIpc) is 2.45. The zero-order chi connectivity index (χ0) is 13.7. The lowest BCUT2D eigenvalue weighted by Crippen LogP contribution is -2.19. The van der Waals surface area contributed by atoms with Crippen LogP contribution in [0.1, 0.15) is 50.6 Å². The molecule has 0 bridgehead atoms. The van der Waals surface area contributed by atoms with Crippen LogP contribution in [-0.2, 0) is 4.79 Å². The fraction of sp³-hybridized carbons (Fsp3) is 0.562. The predicted molar refractivity (Wildman–Crippen MR) is 76.1 cm³/mol. The number of hydrogen-bond acceptors (Lipinski definition) is 3. The van der Waals surface area contributed by atoms with Crippen molar-refractivity contribution < 1.29 is 9.53 Å². The standard InChI is InChI=1S/C16H23NO2/c1-12(18)16(17)14-8-5-9-15(10-14)19-11-13-6-3-2-4-7-13/h5,8-10,13,16H,2-4,6-7,11,17H2,1H3. The maximum atomic E-state index is 11.3. The molecule has 2 rings (SSSR count). The Bertz CT molecular complexity index is 425. The molecule has 3 nitrogen and oxygen atoms in total. The predicted octanol–water partition coefficient (Wildman–Crippen LogP) is 3.23. The third-order valence-corrected chi connectivity index (χ3v) is 3.87. The van der Waals surface area contributed by atoms with Crippen LogP contribution < -0.4 is 10.5 Å². The molecule has 104 valence electrons. The summed E-state index contributed by atoms with van der Waals surface area (Å²) >= 11 is 0. The van der Waals surface area contributed by atoms with Gasteiger partial charge in [-0.2, -0.15) is 0 Å². The van der Waals surface area contributed by atoms with Crippen molar-refractivity contribution in [1.82, 2.24) is 0 Å². The molecule has 1 aliphatic rings. The lowest BCUT2D eigenvalue weighted by molar-refractivity contribution is -0.118. The van der Waals surface area contributed by atoms with E-state index in [1.165, 1.54) is 39.0 Å². The second-order valence-corrected chi connectivity index (χ2v) is 5.48. The highest BCUT2D eigenvalue weighted by Gasteiger charge is 2.15. The average molecular weight is 261 g/mol. The van der Waals surface area contributed by atoms with Gasteiger partial charge in [0.15, 0.2) is 5.78 Å². The van der Waals surface area contributed by atoms with Gasteiger partial charge in [-0.25, -0.2) is 0 Å². The summed E-state index contributed by atoms with van der Waals surface area (Å²) in [6.45, 7) is 2.29. The Hall–Kier alpha value is -1.35. The molecule has 0 radical (unpaired) electrons. The van der Waals surface area contributed by atoms with E-state index in [1.54, 1.807) is 0 Å². The van der Waals surface area contributed by atoms with Gasteiger partial charge in [0.05, 0.1) is 12.6 Å². The van der Waals surface area contributed by atoms with E-state index in [1.807, 2.05) is 24.3 Å². The highest BCUT2D eigenvalue weighted by molar-refractivity contribution is 5.82. The highest BCUT2D eigenvalue weighted by atomic mass is 16.5.